The van der Waals surface area contributed by atoms with Crippen molar-refractivity contribution < 1.29 is 26.3 Å². The van der Waals surface area contributed by atoms with E-state index in [2.05, 4.69) is 0 Å². The third-order valence-corrected chi connectivity index (χ3v) is 2.20. The van der Waals surface area contributed by atoms with Gasteiger partial charge in [0.1, 0.15) is 5.75 Å². The summed E-state index contributed by atoms with van der Waals surface area (Å²) < 4.78 is 7.72. The molecule has 0 radical (unpaired) electrons. The molecule has 2 aromatic rings. The van der Waals surface area contributed by atoms with Gasteiger partial charge in [-0.05, 0) is 18.2 Å². The first kappa shape index (κ1) is 13.7. The Morgan fingerprint density at radius 2 is 1.71 bits per heavy atom. The fraction of sp³-hybridized carbons (Fsp3) is 0.154. The first-order chi connectivity index (χ1) is 7.88. The number of nitrogens with zero attached hydrogens (tertiary/aromatic N) is 1. The van der Waals surface area contributed by atoms with Crippen LogP contribution in [0.25, 0.3) is 0 Å². The molecular formula is C13H15BrN2O. The van der Waals surface area contributed by atoms with Crippen molar-refractivity contribution in [2.75, 3.05) is 6.54 Å². The molecule has 0 aliphatic carbocycles. The van der Waals surface area contributed by atoms with E-state index in [0.29, 0.717) is 6.54 Å². The number of halogens is 1. The van der Waals surface area contributed by atoms with E-state index in [1.54, 1.807) is 0 Å². The topological polar surface area (TPSA) is 39.1 Å². The lowest BCUT2D eigenvalue weighted by molar-refractivity contribution is -0.694. The van der Waals surface area contributed by atoms with Gasteiger partial charge in [0.05, 0.1) is 6.54 Å². The third kappa shape index (κ3) is 4.17. The molecule has 17 heavy (non-hydrogen) atoms. The average Bonchev–Trinajstić information content (AvgIpc) is 2.31. The van der Waals surface area contributed by atoms with Crippen LogP contribution >= 0.6 is 0 Å². The van der Waals surface area contributed by atoms with Crippen molar-refractivity contribution in [2.45, 2.75) is 6.54 Å². The first-order valence-electron chi connectivity index (χ1n) is 5.30. The Labute approximate surface area is 112 Å². The standard InChI is InChI=1S/C13H15N2O.BrH/c14-8-10-15-9-4-7-13(11-15)16-12-5-2-1-3-6-12;/h1-7,9,11H,8,10,14H2;1H/q+1;/p-1. The number of para-hydroxylation sites is 1. The highest BCUT2D eigenvalue weighted by Gasteiger charge is 2.03. The van der Waals surface area contributed by atoms with Crippen molar-refractivity contribution in [3.05, 3.63) is 54.9 Å². The second-order valence-corrected chi connectivity index (χ2v) is 3.48. The van der Waals surface area contributed by atoms with Crippen molar-refractivity contribution in [2.24, 2.45) is 5.73 Å². The molecule has 0 saturated carbocycles. The minimum atomic E-state index is 0. The van der Waals surface area contributed by atoms with Gasteiger partial charge in [0.15, 0.2) is 18.5 Å². The molecule has 1 aromatic carbocycles. The molecule has 0 bridgehead atoms. The maximum absolute atomic E-state index is 5.70. The smallest absolute Gasteiger partial charge is 0.211 e. The number of nitrogens with two attached hydrogens (primary N) is 1. The average molecular weight is 295 g/mol. The van der Waals surface area contributed by atoms with Crippen molar-refractivity contribution in [3.8, 4) is 11.5 Å². The van der Waals surface area contributed by atoms with Crippen LogP contribution in [-0.2, 0) is 6.54 Å². The largest absolute Gasteiger partial charge is 1.00 e. The monoisotopic (exact) mass is 294 g/mol. The molecule has 4 heteroatoms. The zero-order valence-corrected chi connectivity index (χ0v) is 11.0. The maximum atomic E-state index is 5.70. The normalized spacial score (nSPS) is 9.47. The van der Waals surface area contributed by atoms with E-state index in [4.69, 9.17) is 10.5 Å². The summed E-state index contributed by atoms with van der Waals surface area (Å²) in [7, 11) is 0. The predicted molar refractivity (Wildman–Crippen MR) is 62.2 cm³/mol. The summed E-state index contributed by atoms with van der Waals surface area (Å²) in [6.45, 7) is 1.42. The first-order valence-corrected chi connectivity index (χ1v) is 5.30. The van der Waals surface area contributed by atoms with Crippen LogP contribution in [0.4, 0.5) is 0 Å². The molecule has 2 rings (SSSR count). The predicted octanol–water partition coefficient (Wildman–Crippen LogP) is -1.27. The lowest BCUT2D eigenvalue weighted by atomic mass is 10.3. The van der Waals surface area contributed by atoms with Crippen molar-refractivity contribution >= 4 is 0 Å². The fourth-order valence-corrected chi connectivity index (χ4v) is 1.47. The van der Waals surface area contributed by atoms with Crippen LogP contribution in [0.15, 0.2) is 54.9 Å². The summed E-state index contributed by atoms with van der Waals surface area (Å²) >= 11 is 0. The van der Waals surface area contributed by atoms with E-state index < -0.39 is 0 Å². The van der Waals surface area contributed by atoms with E-state index in [1.807, 2.05) is 59.4 Å². The molecule has 90 valence electrons. The Hall–Kier alpha value is -1.39. The number of pyridine rings is 1. The SMILES string of the molecule is NCC[n+]1cccc(Oc2ccccc2)c1.[Br-]. The third-order valence-electron chi connectivity index (χ3n) is 2.20. The Morgan fingerprint density at radius 3 is 2.41 bits per heavy atom. The van der Waals surface area contributed by atoms with Gasteiger partial charge in [-0.2, -0.15) is 0 Å². The summed E-state index contributed by atoms with van der Waals surface area (Å²) in [5, 5.41) is 0. The van der Waals surface area contributed by atoms with Gasteiger partial charge in [-0.3, -0.25) is 0 Å². The molecule has 2 N–H and O–H groups in total. The second-order valence-electron chi connectivity index (χ2n) is 3.48. The summed E-state index contributed by atoms with van der Waals surface area (Å²) in [6, 6.07) is 13.6. The summed E-state index contributed by atoms with van der Waals surface area (Å²) in [5.41, 5.74) is 5.50. The van der Waals surface area contributed by atoms with Gasteiger partial charge < -0.3 is 27.5 Å². The van der Waals surface area contributed by atoms with Gasteiger partial charge in [0.25, 0.3) is 0 Å². The lowest BCUT2D eigenvalue weighted by Gasteiger charge is -2.03. The molecule has 1 aromatic heterocycles. The summed E-state index contributed by atoms with van der Waals surface area (Å²) in [6.07, 6.45) is 3.92. The van der Waals surface area contributed by atoms with Crippen LogP contribution < -0.4 is 32.0 Å². The lowest BCUT2D eigenvalue weighted by Crippen LogP contribution is -3.00. The van der Waals surface area contributed by atoms with E-state index in [-0.39, 0.29) is 17.0 Å². The Morgan fingerprint density at radius 1 is 1.00 bits per heavy atom. The highest BCUT2D eigenvalue weighted by Crippen LogP contribution is 2.18. The number of aromatic nitrogens is 1. The Balaban J connectivity index is 0.00000144. The molecule has 0 saturated heterocycles. The molecule has 0 aliphatic heterocycles. The molecular weight excluding hydrogens is 280 g/mol. The Bertz CT molecular complexity index is 448. The van der Waals surface area contributed by atoms with Crippen LogP contribution in [0.2, 0.25) is 0 Å². The van der Waals surface area contributed by atoms with Crippen LogP contribution in [0.5, 0.6) is 11.5 Å². The molecule has 0 spiro atoms. The number of rotatable bonds is 4. The summed E-state index contributed by atoms with van der Waals surface area (Å²) in [4.78, 5) is 0. The molecule has 0 fully saturated rings. The molecule has 0 amide bonds. The van der Waals surface area contributed by atoms with Crippen LogP contribution in [0.3, 0.4) is 0 Å². The van der Waals surface area contributed by atoms with E-state index in [9.17, 15) is 0 Å². The zero-order valence-electron chi connectivity index (χ0n) is 9.42. The number of ether oxygens (including phenoxy) is 1. The van der Waals surface area contributed by atoms with Crippen molar-refractivity contribution in [3.63, 3.8) is 0 Å². The Kier molecular flexibility index (Phi) is 5.66. The zero-order chi connectivity index (χ0) is 11.2. The van der Waals surface area contributed by atoms with Gasteiger partial charge in [0, 0.05) is 6.07 Å². The minimum absolute atomic E-state index is 0. The van der Waals surface area contributed by atoms with Gasteiger partial charge in [-0.25, -0.2) is 4.57 Å². The number of hydrogen-bond acceptors (Lipinski definition) is 2. The van der Waals surface area contributed by atoms with E-state index >= 15 is 0 Å². The maximum Gasteiger partial charge on any atom is 0.211 e. The molecule has 0 aliphatic rings. The van der Waals surface area contributed by atoms with E-state index in [0.717, 1.165) is 18.0 Å². The van der Waals surface area contributed by atoms with Gasteiger partial charge in [-0.1, -0.05) is 18.2 Å². The quantitative estimate of drug-likeness (QED) is 0.715. The highest BCUT2D eigenvalue weighted by atomic mass is 79.9. The van der Waals surface area contributed by atoms with Crippen LogP contribution in [0, 0.1) is 0 Å². The van der Waals surface area contributed by atoms with Crippen LogP contribution in [-0.4, -0.2) is 6.54 Å². The molecule has 1 heterocycles. The molecule has 3 nitrogen and oxygen atoms in total. The molecule has 0 unspecified atom stereocenters. The van der Waals surface area contributed by atoms with Crippen molar-refractivity contribution in [1.29, 1.82) is 0 Å². The number of benzene rings is 1. The summed E-state index contributed by atoms with van der Waals surface area (Å²) in [5.74, 6) is 1.66. The highest BCUT2D eigenvalue weighted by molar-refractivity contribution is 5.27. The molecule has 0 atom stereocenters. The van der Waals surface area contributed by atoms with Crippen LogP contribution in [0.1, 0.15) is 0 Å². The second kappa shape index (κ2) is 7.04. The van der Waals surface area contributed by atoms with Crippen molar-refractivity contribution in [1.82, 2.24) is 0 Å². The van der Waals surface area contributed by atoms with Gasteiger partial charge >= 0.3 is 0 Å². The number of hydrogen-bond donors (Lipinski definition) is 1. The minimum Gasteiger partial charge on any atom is -1.00 e. The van der Waals surface area contributed by atoms with Gasteiger partial charge in [0.2, 0.25) is 6.20 Å². The van der Waals surface area contributed by atoms with Gasteiger partial charge in [-0.15, -0.1) is 0 Å². The fourth-order valence-electron chi connectivity index (χ4n) is 1.47. The van der Waals surface area contributed by atoms with E-state index in [1.165, 1.54) is 0 Å².